The van der Waals surface area contributed by atoms with Gasteiger partial charge in [0.15, 0.2) is 0 Å². The molecule has 1 aliphatic heterocycles. The Labute approximate surface area is 173 Å². The number of nitrogens with one attached hydrogen (secondary N) is 1. The number of carbonyl (C=O) groups is 1. The minimum atomic E-state index is -0.426. The SMILES string of the molecule is Cc1ccn2c(=O)c(C(=O)NCC3(c4cccc(Cl)c4)CCOCC3)cnc2c1. The summed E-state index contributed by atoms with van der Waals surface area (Å²) in [5.74, 6) is -0.426. The number of benzene rings is 1. The maximum atomic E-state index is 12.8. The molecule has 6 nitrogen and oxygen atoms in total. The van der Waals surface area contributed by atoms with Crippen LogP contribution in [0.4, 0.5) is 0 Å². The van der Waals surface area contributed by atoms with E-state index in [9.17, 15) is 9.59 Å². The summed E-state index contributed by atoms with van der Waals surface area (Å²) in [6, 6.07) is 11.3. The van der Waals surface area contributed by atoms with Gasteiger partial charge in [0.2, 0.25) is 0 Å². The van der Waals surface area contributed by atoms with Crippen molar-refractivity contribution >= 4 is 23.2 Å². The van der Waals surface area contributed by atoms with E-state index in [0.29, 0.717) is 30.4 Å². The highest BCUT2D eigenvalue weighted by Gasteiger charge is 2.35. The normalized spacial score (nSPS) is 15.9. The summed E-state index contributed by atoms with van der Waals surface area (Å²) < 4.78 is 6.93. The Balaban J connectivity index is 1.60. The number of nitrogens with zero attached hydrogens (tertiary/aromatic N) is 2. The number of amides is 1. The van der Waals surface area contributed by atoms with Gasteiger partial charge in [0.1, 0.15) is 11.2 Å². The summed E-state index contributed by atoms with van der Waals surface area (Å²) >= 11 is 6.20. The van der Waals surface area contributed by atoms with Crippen molar-refractivity contribution in [3.63, 3.8) is 0 Å². The third kappa shape index (κ3) is 3.91. The van der Waals surface area contributed by atoms with Crippen molar-refractivity contribution in [1.82, 2.24) is 14.7 Å². The van der Waals surface area contributed by atoms with E-state index in [1.165, 1.54) is 10.6 Å². The summed E-state index contributed by atoms with van der Waals surface area (Å²) in [5, 5.41) is 3.61. The first kappa shape index (κ1) is 19.6. The van der Waals surface area contributed by atoms with Gasteiger partial charge in [0.05, 0.1) is 0 Å². The average Bonchev–Trinajstić information content (AvgIpc) is 2.73. The Kier molecular flexibility index (Phi) is 5.39. The average molecular weight is 412 g/mol. The Hall–Kier alpha value is -2.70. The first-order valence-corrected chi connectivity index (χ1v) is 9.96. The molecular formula is C22H22ClN3O3. The van der Waals surface area contributed by atoms with Gasteiger partial charge in [-0.1, -0.05) is 23.7 Å². The van der Waals surface area contributed by atoms with Crippen molar-refractivity contribution in [3.05, 3.63) is 80.9 Å². The minimum absolute atomic E-state index is 0.0275. The summed E-state index contributed by atoms with van der Waals surface area (Å²) in [6.07, 6.45) is 4.52. The highest BCUT2D eigenvalue weighted by molar-refractivity contribution is 6.30. The smallest absolute Gasteiger partial charge is 0.270 e. The van der Waals surface area contributed by atoms with Crippen LogP contribution in [0.5, 0.6) is 0 Å². The molecule has 4 rings (SSSR count). The fourth-order valence-corrected chi connectivity index (χ4v) is 4.02. The highest BCUT2D eigenvalue weighted by Crippen LogP contribution is 2.35. The van der Waals surface area contributed by atoms with Crippen LogP contribution < -0.4 is 10.9 Å². The van der Waals surface area contributed by atoms with Gasteiger partial charge in [0, 0.05) is 42.6 Å². The number of aryl methyl sites for hydroxylation is 1. The fourth-order valence-electron chi connectivity index (χ4n) is 3.83. The zero-order valence-corrected chi connectivity index (χ0v) is 16.9. The Morgan fingerprint density at radius 1 is 1.28 bits per heavy atom. The molecule has 2 aromatic heterocycles. The number of pyridine rings is 1. The molecule has 3 aromatic rings. The molecule has 0 spiro atoms. The van der Waals surface area contributed by atoms with Crippen molar-refractivity contribution in [2.75, 3.05) is 19.8 Å². The molecule has 3 heterocycles. The number of carbonyl (C=O) groups excluding carboxylic acids is 1. The molecule has 0 unspecified atom stereocenters. The number of fused-ring (bicyclic) bond motifs is 1. The Morgan fingerprint density at radius 3 is 2.83 bits per heavy atom. The Morgan fingerprint density at radius 2 is 2.07 bits per heavy atom. The van der Waals surface area contributed by atoms with E-state index in [1.807, 2.05) is 37.3 Å². The van der Waals surface area contributed by atoms with Gasteiger partial charge >= 0.3 is 0 Å². The van der Waals surface area contributed by atoms with E-state index in [0.717, 1.165) is 24.0 Å². The molecule has 0 bridgehead atoms. The fraction of sp³-hybridized carbons (Fsp3) is 0.318. The molecule has 1 fully saturated rings. The molecule has 0 saturated carbocycles. The lowest BCUT2D eigenvalue weighted by Crippen LogP contribution is -2.45. The predicted octanol–water partition coefficient (Wildman–Crippen LogP) is 3.13. The number of halogens is 1. The lowest BCUT2D eigenvalue weighted by molar-refractivity contribution is 0.0487. The molecule has 29 heavy (non-hydrogen) atoms. The van der Waals surface area contributed by atoms with Gasteiger partial charge in [-0.3, -0.25) is 14.0 Å². The molecule has 0 atom stereocenters. The topological polar surface area (TPSA) is 72.7 Å². The molecular weight excluding hydrogens is 390 g/mol. The van der Waals surface area contributed by atoms with E-state index in [1.54, 1.807) is 12.3 Å². The van der Waals surface area contributed by atoms with E-state index >= 15 is 0 Å². The van der Waals surface area contributed by atoms with Gasteiger partial charge < -0.3 is 10.1 Å². The summed E-state index contributed by atoms with van der Waals surface area (Å²) in [4.78, 5) is 29.9. The molecule has 1 aromatic carbocycles. The summed E-state index contributed by atoms with van der Waals surface area (Å²) in [5.41, 5.74) is 1.95. The van der Waals surface area contributed by atoms with Crippen LogP contribution in [0.1, 0.15) is 34.3 Å². The van der Waals surface area contributed by atoms with Crippen molar-refractivity contribution in [3.8, 4) is 0 Å². The van der Waals surface area contributed by atoms with Gasteiger partial charge in [0.25, 0.3) is 11.5 Å². The van der Waals surface area contributed by atoms with Crippen molar-refractivity contribution < 1.29 is 9.53 Å². The second kappa shape index (κ2) is 7.97. The van der Waals surface area contributed by atoms with Crippen molar-refractivity contribution in [1.29, 1.82) is 0 Å². The van der Waals surface area contributed by atoms with Crippen LogP contribution in [-0.4, -0.2) is 35.1 Å². The molecule has 1 saturated heterocycles. The minimum Gasteiger partial charge on any atom is -0.381 e. The number of rotatable bonds is 4. The third-order valence-electron chi connectivity index (χ3n) is 5.58. The lowest BCUT2D eigenvalue weighted by atomic mass is 9.74. The van der Waals surface area contributed by atoms with Crippen LogP contribution in [-0.2, 0) is 10.2 Å². The van der Waals surface area contributed by atoms with Gasteiger partial charge in [-0.15, -0.1) is 0 Å². The first-order valence-electron chi connectivity index (χ1n) is 9.59. The maximum Gasteiger partial charge on any atom is 0.270 e. The predicted molar refractivity (Wildman–Crippen MR) is 112 cm³/mol. The zero-order chi connectivity index (χ0) is 20.4. The maximum absolute atomic E-state index is 12.8. The van der Waals surface area contributed by atoms with Crippen LogP contribution in [0.3, 0.4) is 0 Å². The molecule has 1 N–H and O–H groups in total. The van der Waals surface area contributed by atoms with Crippen LogP contribution >= 0.6 is 11.6 Å². The molecule has 1 amide bonds. The molecule has 150 valence electrons. The van der Waals surface area contributed by atoms with E-state index < -0.39 is 5.91 Å². The third-order valence-corrected chi connectivity index (χ3v) is 5.82. The molecule has 0 radical (unpaired) electrons. The summed E-state index contributed by atoms with van der Waals surface area (Å²) in [7, 11) is 0. The van der Waals surface area contributed by atoms with E-state index in [2.05, 4.69) is 10.3 Å². The monoisotopic (exact) mass is 411 g/mol. The van der Waals surface area contributed by atoms with Crippen molar-refractivity contribution in [2.45, 2.75) is 25.2 Å². The molecule has 0 aliphatic carbocycles. The van der Waals surface area contributed by atoms with Crippen LogP contribution in [0.25, 0.3) is 5.65 Å². The largest absolute Gasteiger partial charge is 0.381 e. The summed E-state index contributed by atoms with van der Waals surface area (Å²) in [6.45, 7) is 3.55. The second-order valence-electron chi connectivity index (χ2n) is 7.50. The van der Waals surface area contributed by atoms with Crippen LogP contribution in [0, 0.1) is 6.92 Å². The molecule has 1 aliphatic rings. The number of aromatic nitrogens is 2. The van der Waals surface area contributed by atoms with E-state index in [4.69, 9.17) is 16.3 Å². The molecule has 7 heteroatoms. The second-order valence-corrected chi connectivity index (χ2v) is 7.93. The quantitative estimate of drug-likeness (QED) is 0.715. The van der Waals surface area contributed by atoms with Gasteiger partial charge in [-0.2, -0.15) is 0 Å². The lowest BCUT2D eigenvalue weighted by Gasteiger charge is -2.38. The number of hydrogen-bond donors (Lipinski definition) is 1. The highest BCUT2D eigenvalue weighted by atomic mass is 35.5. The number of ether oxygens (including phenoxy) is 1. The van der Waals surface area contributed by atoms with Crippen LogP contribution in [0.15, 0.2) is 53.6 Å². The number of hydrogen-bond acceptors (Lipinski definition) is 4. The van der Waals surface area contributed by atoms with Crippen LogP contribution in [0.2, 0.25) is 5.02 Å². The van der Waals surface area contributed by atoms with E-state index in [-0.39, 0.29) is 16.5 Å². The first-order chi connectivity index (χ1) is 14.0. The van der Waals surface area contributed by atoms with Gasteiger partial charge in [-0.25, -0.2) is 4.98 Å². The zero-order valence-electron chi connectivity index (χ0n) is 16.2. The standard InChI is InChI=1S/C22H22ClN3O3/c1-15-5-8-26-19(11-15)24-13-18(21(26)28)20(27)25-14-22(6-9-29-10-7-22)16-3-2-4-17(23)12-16/h2-5,8,11-13H,6-7,9-10,14H2,1H3,(H,25,27). The Bertz CT molecular complexity index is 1120. The van der Waals surface area contributed by atoms with Crippen molar-refractivity contribution in [2.24, 2.45) is 0 Å². The van der Waals surface area contributed by atoms with Gasteiger partial charge in [-0.05, 0) is 55.2 Å².